The summed E-state index contributed by atoms with van der Waals surface area (Å²) in [6, 6.07) is 2.18. The number of nitrogens with zero attached hydrogens (tertiary/aromatic N) is 1. The lowest BCUT2D eigenvalue weighted by molar-refractivity contribution is -0.146. The third kappa shape index (κ3) is 3.31. The van der Waals surface area contributed by atoms with Crippen LogP contribution in [0.4, 0.5) is 11.4 Å². The zero-order valence-corrected chi connectivity index (χ0v) is 13.2. The number of rotatable bonds is 4. The number of aromatic nitrogens is 1. The highest BCUT2D eigenvalue weighted by molar-refractivity contribution is 7.17. The van der Waals surface area contributed by atoms with E-state index in [0.29, 0.717) is 18.9 Å². The Labute approximate surface area is 132 Å². The molecule has 118 valence electrons. The van der Waals surface area contributed by atoms with Crippen LogP contribution in [-0.4, -0.2) is 36.3 Å². The summed E-state index contributed by atoms with van der Waals surface area (Å²) in [7, 11) is 0. The van der Waals surface area contributed by atoms with Gasteiger partial charge >= 0.3 is 5.97 Å². The lowest BCUT2D eigenvalue weighted by atomic mass is 10.0. The van der Waals surface area contributed by atoms with Crippen LogP contribution in [0.2, 0.25) is 0 Å². The normalized spacial score (nSPS) is 21.7. The minimum absolute atomic E-state index is 0.0153. The van der Waals surface area contributed by atoms with E-state index in [9.17, 15) is 4.79 Å². The van der Waals surface area contributed by atoms with Crippen LogP contribution < -0.4 is 11.1 Å². The van der Waals surface area contributed by atoms with Crippen molar-refractivity contribution in [1.82, 2.24) is 4.98 Å². The first-order valence-corrected chi connectivity index (χ1v) is 8.14. The Balaban J connectivity index is 1.61. The number of esters is 1. The van der Waals surface area contributed by atoms with Crippen LogP contribution in [0.5, 0.6) is 0 Å². The Morgan fingerprint density at radius 3 is 3.18 bits per heavy atom. The lowest BCUT2D eigenvalue weighted by Crippen LogP contribution is -2.37. The largest absolute Gasteiger partial charge is 0.463 e. The zero-order valence-electron chi connectivity index (χ0n) is 12.4. The maximum Gasteiger partial charge on any atom is 0.302 e. The maximum atomic E-state index is 10.8. The second kappa shape index (κ2) is 6.50. The fourth-order valence-electron chi connectivity index (χ4n) is 2.54. The number of carbonyl (C=O) groups excluding carboxylic acids is 1. The summed E-state index contributed by atoms with van der Waals surface area (Å²) in [6.45, 7) is 2.31. The summed E-state index contributed by atoms with van der Waals surface area (Å²) >= 11 is 1.63. The molecule has 7 heteroatoms. The molecule has 1 saturated heterocycles. The molecule has 0 amide bonds. The number of nitrogen functional groups attached to an aromatic ring is 1. The Morgan fingerprint density at radius 2 is 2.45 bits per heavy atom. The second-order valence-corrected chi connectivity index (χ2v) is 6.32. The smallest absolute Gasteiger partial charge is 0.302 e. The highest BCUT2D eigenvalue weighted by atomic mass is 32.1. The summed E-state index contributed by atoms with van der Waals surface area (Å²) < 4.78 is 11.8. The number of fused-ring (bicyclic) bond motifs is 1. The summed E-state index contributed by atoms with van der Waals surface area (Å²) in [5.74, 6) is -0.270. The van der Waals surface area contributed by atoms with Crippen molar-refractivity contribution in [2.24, 2.45) is 0 Å². The molecule has 0 aliphatic carbocycles. The van der Waals surface area contributed by atoms with E-state index < -0.39 is 0 Å². The number of hydrogen-bond acceptors (Lipinski definition) is 7. The molecule has 0 spiro atoms. The first-order valence-electron chi connectivity index (χ1n) is 7.26. The van der Waals surface area contributed by atoms with Crippen LogP contribution in [0.25, 0.3) is 10.2 Å². The van der Waals surface area contributed by atoms with Gasteiger partial charge in [0.15, 0.2) is 0 Å². The van der Waals surface area contributed by atoms with E-state index in [1.807, 2.05) is 11.4 Å². The van der Waals surface area contributed by atoms with Gasteiger partial charge in [0.2, 0.25) is 0 Å². The second-order valence-electron chi connectivity index (χ2n) is 5.40. The molecule has 0 aromatic carbocycles. The van der Waals surface area contributed by atoms with Crippen molar-refractivity contribution < 1.29 is 14.3 Å². The van der Waals surface area contributed by atoms with Gasteiger partial charge in [-0.1, -0.05) is 0 Å². The predicted molar refractivity (Wildman–Crippen MR) is 87.1 cm³/mol. The number of nitrogens with one attached hydrogen (secondary N) is 1. The SMILES string of the molecule is CC(=O)OCC1CC[C@@H](Nc2c(N)cnc3ccsc23)CO1. The molecule has 0 radical (unpaired) electrons. The molecule has 2 aromatic rings. The van der Waals surface area contributed by atoms with Gasteiger partial charge in [-0.15, -0.1) is 11.3 Å². The van der Waals surface area contributed by atoms with Crippen molar-refractivity contribution in [3.63, 3.8) is 0 Å². The average Bonchev–Trinajstić information content (AvgIpc) is 2.98. The summed E-state index contributed by atoms with van der Waals surface area (Å²) in [6.07, 6.45) is 3.47. The third-order valence-corrected chi connectivity index (χ3v) is 4.62. The first-order chi connectivity index (χ1) is 10.6. The van der Waals surface area contributed by atoms with Gasteiger partial charge in [-0.25, -0.2) is 0 Å². The van der Waals surface area contributed by atoms with Crippen LogP contribution in [0, 0.1) is 0 Å². The Hall–Kier alpha value is -1.86. The van der Waals surface area contributed by atoms with E-state index in [4.69, 9.17) is 15.2 Å². The number of ether oxygens (including phenoxy) is 2. The van der Waals surface area contributed by atoms with Crippen molar-refractivity contribution in [3.05, 3.63) is 17.6 Å². The van der Waals surface area contributed by atoms with Gasteiger partial charge in [0.05, 0.1) is 40.5 Å². The summed E-state index contributed by atoms with van der Waals surface area (Å²) in [5, 5.41) is 5.49. The lowest BCUT2D eigenvalue weighted by Gasteiger charge is -2.30. The molecule has 6 nitrogen and oxygen atoms in total. The van der Waals surface area contributed by atoms with E-state index in [1.165, 1.54) is 6.92 Å². The fourth-order valence-corrected chi connectivity index (χ4v) is 3.41. The van der Waals surface area contributed by atoms with Crippen molar-refractivity contribution in [3.8, 4) is 0 Å². The molecule has 1 aliphatic rings. The number of nitrogens with two attached hydrogens (primary N) is 1. The van der Waals surface area contributed by atoms with Gasteiger partial charge in [0.25, 0.3) is 0 Å². The van der Waals surface area contributed by atoms with E-state index in [1.54, 1.807) is 17.5 Å². The van der Waals surface area contributed by atoms with Gasteiger partial charge in [-0.3, -0.25) is 9.78 Å². The monoisotopic (exact) mass is 321 g/mol. The molecule has 0 saturated carbocycles. The van der Waals surface area contributed by atoms with Crippen molar-refractivity contribution >= 4 is 38.9 Å². The molecule has 1 aliphatic heterocycles. The maximum absolute atomic E-state index is 10.8. The number of pyridine rings is 1. The van der Waals surface area contributed by atoms with E-state index in [-0.39, 0.29) is 18.1 Å². The first kappa shape index (κ1) is 15.1. The minimum Gasteiger partial charge on any atom is -0.463 e. The molecule has 1 fully saturated rings. The van der Waals surface area contributed by atoms with Crippen LogP contribution in [0.1, 0.15) is 19.8 Å². The molecule has 3 heterocycles. The molecule has 3 N–H and O–H groups in total. The Kier molecular flexibility index (Phi) is 4.44. The fraction of sp³-hybridized carbons (Fsp3) is 0.467. The molecule has 1 unspecified atom stereocenters. The summed E-state index contributed by atoms with van der Waals surface area (Å²) in [5.41, 5.74) is 8.59. The third-order valence-electron chi connectivity index (χ3n) is 3.69. The van der Waals surface area contributed by atoms with E-state index >= 15 is 0 Å². The van der Waals surface area contributed by atoms with Crippen LogP contribution in [-0.2, 0) is 14.3 Å². The molecular weight excluding hydrogens is 302 g/mol. The van der Waals surface area contributed by atoms with Crippen LogP contribution >= 0.6 is 11.3 Å². The number of thiophene rings is 1. The topological polar surface area (TPSA) is 86.5 Å². The van der Waals surface area contributed by atoms with Crippen molar-refractivity contribution in [1.29, 1.82) is 0 Å². The van der Waals surface area contributed by atoms with Gasteiger partial charge in [-0.05, 0) is 24.3 Å². The van der Waals surface area contributed by atoms with Crippen molar-refractivity contribution in [2.75, 3.05) is 24.3 Å². The standard InChI is InChI=1S/C15H19N3O3S/c1-9(19)20-8-11-3-2-10(7-21-11)18-14-12(16)6-17-13-4-5-22-15(13)14/h4-6,10-11H,2-3,7-8,16H2,1H3,(H,17,18)/t10-,11?/m1/s1. The highest BCUT2D eigenvalue weighted by Crippen LogP contribution is 2.33. The molecule has 22 heavy (non-hydrogen) atoms. The van der Waals surface area contributed by atoms with Crippen LogP contribution in [0.15, 0.2) is 17.6 Å². The molecule has 2 atom stereocenters. The van der Waals surface area contributed by atoms with E-state index in [0.717, 1.165) is 28.7 Å². The average molecular weight is 321 g/mol. The number of carbonyl (C=O) groups is 1. The van der Waals surface area contributed by atoms with Gasteiger partial charge < -0.3 is 20.5 Å². The Bertz CT molecular complexity index is 665. The van der Waals surface area contributed by atoms with Gasteiger partial charge in [0.1, 0.15) is 6.61 Å². The highest BCUT2D eigenvalue weighted by Gasteiger charge is 2.23. The predicted octanol–water partition coefficient (Wildman–Crippen LogP) is 2.40. The number of hydrogen-bond donors (Lipinski definition) is 2. The van der Waals surface area contributed by atoms with Crippen LogP contribution in [0.3, 0.4) is 0 Å². The van der Waals surface area contributed by atoms with Crippen molar-refractivity contribution in [2.45, 2.75) is 31.9 Å². The van der Waals surface area contributed by atoms with E-state index in [2.05, 4.69) is 10.3 Å². The van der Waals surface area contributed by atoms with Gasteiger partial charge in [-0.2, -0.15) is 0 Å². The molecular formula is C15H19N3O3S. The minimum atomic E-state index is -0.270. The molecule has 0 bridgehead atoms. The molecule has 2 aromatic heterocycles. The van der Waals surface area contributed by atoms with Gasteiger partial charge in [0, 0.05) is 13.0 Å². The zero-order chi connectivity index (χ0) is 15.5. The quantitative estimate of drug-likeness (QED) is 0.841. The Morgan fingerprint density at radius 1 is 1.59 bits per heavy atom. The summed E-state index contributed by atoms with van der Waals surface area (Å²) in [4.78, 5) is 15.1. The molecule has 3 rings (SSSR count). The number of anilines is 2.